The molecule has 2 atom stereocenters. The highest BCUT2D eigenvalue weighted by molar-refractivity contribution is 5.87. The predicted molar refractivity (Wildman–Crippen MR) is 80.9 cm³/mol. The lowest BCUT2D eigenvalue weighted by atomic mass is 9.96. The highest BCUT2D eigenvalue weighted by Gasteiger charge is 2.31. The molecule has 2 saturated heterocycles. The number of halogens is 1. The van der Waals surface area contributed by atoms with Gasteiger partial charge < -0.3 is 15.5 Å². The van der Waals surface area contributed by atoms with Crippen molar-refractivity contribution in [3.63, 3.8) is 0 Å². The van der Waals surface area contributed by atoms with Crippen LogP contribution in [0.15, 0.2) is 0 Å². The molecular formula is C14H26ClN3O2. The van der Waals surface area contributed by atoms with Crippen molar-refractivity contribution in [3.8, 4) is 0 Å². The summed E-state index contributed by atoms with van der Waals surface area (Å²) in [5.74, 6) is -0.0396. The van der Waals surface area contributed by atoms with E-state index in [2.05, 4.69) is 10.6 Å². The number of fused-ring (bicyclic) bond motifs is 2. The van der Waals surface area contributed by atoms with Crippen LogP contribution in [0.2, 0.25) is 0 Å². The van der Waals surface area contributed by atoms with Crippen molar-refractivity contribution in [2.24, 2.45) is 5.41 Å². The molecule has 116 valence electrons. The van der Waals surface area contributed by atoms with Gasteiger partial charge in [0.2, 0.25) is 11.8 Å². The molecule has 2 unspecified atom stereocenters. The number of hydrogen-bond acceptors (Lipinski definition) is 3. The van der Waals surface area contributed by atoms with E-state index >= 15 is 0 Å². The van der Waals surface area contributed by atoms with Crippen molar-refractivity contribution in [1.29, 1.82) is 0 Å². The third-order valence-electron chi connectivity index (χ3n) is 3.96. The van der Waals surface area contributed by atoms with Crippen molar-refractivity contribution in [1.82, 2.24) is 15.5 Å². The number of carbonyl (C=O) groups excluding carboxylic acids is 2. The van der Waals surface area contributed by atoms with E-state index in [9.17, 15) is 9.59 Å². The molecule has 5 nitrogen and oxygen atoms in total. The van der Waals surface area contributed by atoms with Gasteiger partial charge in [-0.05, 0) is 19.3 Å². The zero-order valence-corrected chi connectivity index (χ0v) is 13.4. The van der Waals surface area contributed by atoms with E-state index in [4.69, 9.17) is 0 Å². The van der Waals surface area contributed by atoms with Gasteiger partial charge in [0.1, 0.15) is 0 Å². The molecule has 6 heteroatoms. The largest absolute Gasteiger partial charge is 0.347 e. The Kier molecular flexibility index (Phi) is 5.83. The first-order valence-electron chi connectivity index (χ1n) is 7.18. The molecule has 0 aliphatic carbocycles. The molecule has 2 aliphatic heterocycles. The Hall–Kier alpha value is -0.810. The summed E-state index contributed by atoms with van der Waals surface area (Å²) in [6.45, 7) is 7.25. The molecule has 20 heavy (non-hydrogen) atoms. The Balaban J connectivity index is 0.00000200. The van der Waals surface area contributed by atoms with E-state index in [0.717, 1.165) is 25.9 Å². The van der Waals surface area contributed by atoms with Gasteiger partial charge in [0.15, 0.2) is 0 Å². The molecule has 2 bridgehead atoms. The summed E-state index contributed by atoms with van der Waals surface area (Å²) in [6.07, 6.45) is 3.41. The lowest BCUT2D eigenvalue weighted by Crippen LogP contribution is -2.46. The maximum absolute atomic E-state index is 12.1. The average molecular weight is 304 g/mol. The molecule has 2 fully saturated rings. The highest BCUT2D eigenvalue weighted by Crippen LogP contribution is 2.20. The van der Waals surface area contributed by atoms with Gasteiger partial charge in [0.25, 0.3) is 0 Å². The second-order valence-electron chi connectivity index (χ2n) is 6.70. The summed E-state index contributed by atoms with van der Waals surface area (Å²) < 4.78 is 0. The van der Waals surface area contributed by atoms with Gasteiger partial charge in [-0.15, -0.1) is 12.4 Å². The molecule has 0 aromatic rings. The Morgan fingerprint density at radius 1 is 1.20 bits per heavy atom. The van der Waals surface area contributed by atoms with E-state index in [1.807, 2.05) is 25.7 Å². The van der Waals surface area contributed by atoms with Crippen molar-refractivity contribution in [2.45, 2.75) is 52.1 Å². The average Bonchev–Trinajstić information content (AvgIpc) is 2.64. The summed E-state index contributed by atoms with van der Waals surface area (Å²) in [7, 11) is 0. The van der Waals surface area contributed by atoms with Crippen LogP contribution in [-0.2, 0) is 9.59 Å². The fraction of sp³-hybridized carbons (Fsp3) is 0.857. The monoisotopic (exact) mass is 303 g/mol. The lowest BCUT2D eigenvalue weighted by Gasteiger charge is -2.25. The van der Waals surface area contributed by atoms with Crippen molar-refractivity contribution < 1.29 is 9.59 Å². The number of nitrogens with one attached hydrogen (secondary N) is 2. The van der Waals surface area contributed by atoms with Gasteiger partial charge >= 0.3 is 0 Å². The van der Waals surface area contributed by atoms with Gasteiger partial charge in [0.05, 0.1) is 6.54 Å². The van der Waals surface area contributed by atoms with Crippen LogP contribution in [0, 0.1) is 5.41 Å². The van der Waals surface area contributed by atoms with E-state index in [-0.39, 0.29) is 30.8 Å². The lowest BCUT2D eigenvalue weighted by molar-refractivity contribution is -0.135. The summed E-state index contributed by atoms with van der Waals surface area (Å²) >= 11 is 0. The van der Waals surface area contributed by atoms with Gasteiger partial charge in [-0.3, -0.25) is 9.59 Å². The second kappa shape index (κ2) is 6.76. The van der Waals surface area contributed by atoms with E-state index in [1.165, 1.54) is 6.42 Å². The summed E-state index contributed by atoms with van der Waals surface area (Å²) in [5, 5.41) is 6.28. The minimum atomic E-state index is -0.445. The Morgan fingerprint density at radius 3 is 2.50 bits per heavy atom. The molecule has 2 N–H and O–H groups in total. The third-order valence-corrected chi connectivity index (χ3v) is 3.96. The molecule has 0 aromatic carbocycles. The summed E-state index contributed by atoms with van der Waals surface area (Å²) in [5.41, 5.74) is -0.445. The molecule has 2 heterocycles. The van der Waals surface area contributed by atoms with Gasteiger partial charge in [-0.1, -0.05) is 20.8 Å². The number of hydrogen-bond donors (Lipinski definition) is 2. The maximum Gasteiger partial charge on any atom is 0.242 e. The quantitative estimate of drug-likeness (QED) is 0.797. The Labute approximate surface area is 127 Å². The van der Waals surface area contributed by atoms with Crippen molar-refractivity contribution >= 4 is 24.2 Å². The first kappa shape index (κ1) is 17.2. The smallest absolute Gasteiger partial charge is 0.242 e. The molecule has 2 amide bonds. The minimum absolute atomic E-state index is 0. The van der Waals surface area contributed by atoms with E-state index in [1.54, 1.807) is 0 Å². The third kappa shape index (κ3) is 4.35. The van der Waals surface area contributed by atoms with Crippen molar-refractivity contribution in [2.75, 3.05) is 19.6 Å². The number of amides is 2. The summed E-state index contributed by atoms with van der Waals surface area (Å²) in [4.78, 5) is 25.8. The van der Waals surface area contributed by atoms with Crippen LogP contribution in [0.1, 0.15) is 40.0 Å². The Morgan fingerprint density at radius 2 is 1.85 bits per heavy atom. The van der Waals surface area contributed by atoms with Crippen LogP contribution < -0.4 is 10.6 Å². The number of rotatable bonds is 2. The molecule has 0 spiro atoms. The van der Waals surface area contributed by atoms with E-state index < -0.39 is 5.41 Å². The number of nitrogens with zero attached hydrogens (tertiary/aromatic N) is 1. The van der Waals surface area contributed by atoms with Gasteiger partial charge in [-0.2, -0.15) is 0 Å². The fourth-order valence-corrected chi connectivity index (χ4v) is 2.70. The topological polar surface area (TPSA) is 61.4 Å². The van der Waals surface area contributed by atoms with Crippen LogP contribution >= 0.6 is 12.4 Å². The zero-order chi connectivity index (χ0) is 14.0. The fourth-order valence-electron chi connectivity index (χ4n) is 2.70. The number of likely N-dealkylation sites (tertiary alicyclic amines) is 1. The normalized spacial score (nSPS) is 25.6. The highest BCUT2D eigenvalue weighted by atomic mass is 35.5. The molecule has 0 aromatic heterocycles. The van der Waals surface area contributed by atoms with Gasteiger partial charge in [0, 0.05) is 30.6 Å². The van der Waals surface area contributed by atoms with E-state index in [0.29, 0.717) is 12.1 Å². The minimum Gasteiger partial charge on any atom is -0.347 e. The van der Waals surface area contributed by atoms with Crippen molar-refractivity contribution in [3.05, 3.63) is 0 Å². The van der Waals surface area contributed by atoms with Crippen LogP contribution in [0.3, 0.4) is 0 Å². The molecule has 2 aliphatic rings. The molecule has 0 saturated carbocycles. The predicted octanol–water partition coefficient (Wildman–Crippen LogP) is 0.923. The van der Waals surface area contributed by atoms with Crippen LogP contribution in [0.25, 0.3) is 0 Å². The first-order valence-corrected chi connectivity index (χ1v) is 7.18. The molecular weight excluding hydrogens is 278 g/mol. The maximum atomic E-state index is 12.1. The Bertz CT molecular complexity index is 368. The summed E-state index contributed by atoms with van der Waals surface area (Å²) in [6, 6.07) is 1.02. The SMILES string of the molecule is CC(C)(C)C(=O)NCC(=O)N1CCC2CCC(C1)N2.Cl. The number of carbonyl (C=O) groups is 2. The molecule has 0 radical (unpaired) electrons. The van der Waals surface area contributed by atoms with Crippen LogP contribution in [0.5, 0.6) is 0 Å². The second-order valence-corrected chi connectivity index (χ2v) is 6.70. The zero-order valence-electron chi connectivity index (χ0n) is 12.6. The first-order chi connectivity index (χ1) is 8.86. The standard InChI is InChI=1S/C14H25N3O2.ClH/c1-14(2,3)13(19)15-8-12(18)17-7-6-10-4-5-11(9-17)16-10;/h10-11,16H,4-9H2,1-3H3,(H,15,19);1H. The van der Waals surface area contributed by atoms with Crippen LogP contribution in [-0.4, -0.2) is 48.4 Å². The molecule has 2 rings (SSSR count). The van der Waals surface area contributed by atoms with Gasteiger partial charge in [-0.25, -0.2) is 0 Å². The van der Waals surface area contributed by atoms with Crippen LogP contribution in [0.4, 0.5) is 0 Å².